The average molecular weight is 185 g/mol. The second kappa shape index (κ2) is 3.81. The van der Waals surface area contributed by atoms with Gasteiger partial charge in [-0.2, -0.15) is 0 Å². The van der Waals surface area contributed by atoms with Crippen LogP contribution in [0.1, 0.15) is 12.0 Å². The predicted molar refractivity (Wildman–Crippen MR) is 60.1 cm³/mol. The van der Waals surface area contributed by atoms with Crippen molar-refractivity contribution in [3.8, 4) is 0 Å². The van der Waals surface area contributed by atoms with Gasteiger partial charge in [-0.15, -0.1) is 0 Å². The van der Waals surface area contributed by atoms with E-state index in [1.807, 2.05) is 6.07 Å². The summed E-state index contributed by atoms with van der Waals surface area (Å²) in [5.74, 6) is 0. The van der Waals surface area contributed by atoms with Gasteiger partial charge in [-0.3, -0.25) is 0 Å². The molecule has 0 saturated heterocycles. The van der Waals surface area contributed by atoms with Crippen molar-refractivity contribution in [2.24, 2.45) is 5.73 Å². The van der Waals surface area contributed by atoms with Crippen molar-refractivity contribution in [3.05, 3.63) is 60.2 Å². The van der Waals surface area contributed by atoms with E-state index in [4.69, 9.17) is 5.73 Å². The summed E-state index contributed by atoms with van der Waals surface area (Å²) in [5.41, 5.74) is 7.22. The Hall–Kier alpha value is -1.34. The molecular formula is C13H15N. The molecule has 2 N–H and O–H groups in total. The van der Waals surface area contributed by atoms with Crippen LogP contribution in [-0.4, -0.2) is 6.54 Å². The second-order valence-corrected chi connectivity index (χ2v) is 3.72. The summed E-state index contributed by atoms with van der Waals surface area (Å²) < 4.78 is 0. The molecule has 1 nitrogen and oxygen atoms in total. The molecule has 0 aliphatic heterocycles. The molecule has 72 valence electrons. The summed E-state index contributed by atoms with van der Waals surface area (Å²) in [4.78, 5) is 0. The first kappa shape index (κ1) is 9.22. The summed E-state index contributed by atoms with van der Waals surface area (Å²) in [7, 11) is 0. The van der Waals surface area contributed by atoms with Gasteiger partial charge in [0.1, 0.15) is 0 Å². The molecule has 1 atom stereocenters. The molecule has 1 aliphatic carbocycles. The van der Waals surface area contributed by atoms with E-state index < -0.39 is 0 Å². The molecule has 0 amide bonds. The lowest BCUT2D eigenvalue weighted by Gasteiger charge is -2.30. The third kappa shape index (κ3) is 1.51. The molecule has 2 rings (SSSR count). The van der Waals surface area contributed by atoms with Crippen LogP contribution < -0.4 is 5.73 Å². The number of hydrogen-bond acceptors (Lipinski definition) is 1. The lowest BCUT2D eigenvalue weighted by atomic mass is 9.75. The van der Waals surface area contributed by atoms with Gasteiger partial charge >= 0.3 is 0 Å². The van der Waals surface area contributed by atoms with E-state index in [-0.39, 0.29) is 5.41 Å². The molecule has 1 heteroatoms. The Morgan fingerprint density at radius 3 is 2.50 bits per heavy atom. The summed E-state index contributed by atoms with van der Waals surface area (Å²) in [6.45, 7) is 0.665. The van der Waals surface area contributed by atoms with Crippen LogP contribution in [0.2, 0.25) is 0 Å². The molecule has 1 aromatic carbocycles. The first-order valence-electron chi connectivity index (χ1n) is 4.97. The van der Waals surface area contributed by atoms with Crippen molar-refractivity contribution >= 4 is 0 Å². The minimum atomic E-state index is 0.0238. The highest BCUT2D eigenvalue weighted by atomic mass is 14.6. The van der Waals surface area contributed by atoms with E-state index in [1.54, 1.807) is 0 Å². The maximum absolute atomic E-state index is 5.89. The van der Waals surface area contributed by atoms with Gasteiger partial charge in [0, 0.05) is 12.0 Å². The first-order chi connectivity index (χ1) is 6.87. The van der Waals surface area contributed by atoms with Gasteiger partial charge in [0.05, 0.1) is 0 Å². The molecule has 0 heterocycles. The maximum atomic E-state index is 5.89. The Morgan fingerprint density at radius 1 is 1.14 bits per heavy atom. The Balaban J connectivity index is 2.39. The minimum Gasteiger partial charge on any atom is -0.329 e. The van der Waals surface area contributed by atoms with E-state index in [2.05, 4.69) is 48.6 Å². The van der Waals surface area contributed by atoms with Crippen LogP contribution in [0.4, 0.5) is 0 Å². The molecule has 0 radical (unpaired) electrons. The van der Waals surface area contributed by atoms with Crippen LogP contribution in [0, 0.1) is 0 Å². The third-order valence-electron chi connectivity index (χ3n) is 2.86. The van der Waals surface area contributed by atoms with Gasteiger partial charge in [0.15, 0.2) is 0 Å². The molecule has 0 unspecified atom stereocenters. The fraction of sp³-hybridized carbons (Fsp3) is 0.231. The third-order valence-corrected chi connectivity index (χ3v) is 2.86. The van der Waals surface area contributed by atoms with Crippen molar-refractivity contribution < 1.29 is 0 Å². The van der Waals surface area contributed by atoms with Gasteiger partial charge in [-0.25, -0.2) is 0 Å². The smallest absolute Gasteiger partial charge is 0.0292 e. The molecule has 1 aliphatic rings. The van der Waals surface area contributed by atoms with E-state index in [9.17, 15) is 0 Å². The SMILES string of the molecule is NC[C@]1(c2ccccc2)C=CC=CC1. The monoisotopic (exact) mass is 185 g/mol. The molecule has 0 aromatic heterocycles. The lowest BCUT2D eigenvalue weighted by Crippen LogP contribution is -2.33. The topological polar surface area (TPSA) is 26.0 Å². The van der Waals surface area contributed by atoms with Crippen molar-refractivity contribution in [3.63, 3.8) is 0 Å². The fourth-order valence-electron chi connectivity index (χ4n) is 1.92. The minimum absolute atomic E-state index is 0.0238. The quantitative estimate of drug-likeness (QED) is 0.752. The Morgan fingerprint density at radius 2 is 1.93 bits per heavy atom. The average Bonchev–Trinajstić information content (AvgIpc) is 2.31. The van der Waals surface area contributed by atoms with E-state index in [1.165, 1.54) is 5.56 Å². The standard InChI is InChI=1S/C13H15N/c14-11-13(9-5-2-6-10-13)12-7-3-1-4-8-12/h1-9H,10-11,14H2/t13-/m0/s1. The molecule has 14 heavy (non-hydrogen) atoms. The lowest BCUT2D eigenvalue weighted by molar-refractivity contribution is 0.550. The normalized spacial score (nSPS) is 25.2. The Labute approximate surface area is 84.9 Å². The summed E-state index contributed by atoms with van der Waals surface area (Å²) in [6, 6.07) is 10.5. The van der Waals surface area contributed by atoms with E-state index >= 15 is 0 Å². The van der Waals surface area contributed by atoms with Gasteiger partial charge in [0.25, 0.3) is 0 Å². The summed E-state index contributed by atoms with van der Waals surface area (Å²) in [6.07, 6.45) is 9.56. The van der Waals surface area contributed by atoms with Crippen LogP contribution in [0.15, 0.2) is 54.6 Å². The highest BCUT2D eigenvalue weighted by molar-refractivity contribution is 5.36. The van der Waals surface area contributed by atoms with Crippen molar-refractivity contribution in [1.82, 2.24) is 0 Å². The highest BCUT2D eigenvalue weighted by Gasteiger charge is 2.27. The zero-order chi connectivity index (χ0) is 9.86. The summed E-state index contributed by atoms with van der Waals surface area (Å²) in [5, 5.41) is 0. The van der Waals surface area contributed by atoms with Crippen LogP contribution >= 0.6 is 0 Å². The van der Waals surface area contributed by atoms with Crippen LogP contribution in [0.25, 0.3) is 0 Å². The number of benzene rings is 1. The van der Waals surface area contributed by atoms with Gasteiger partial charge in [-0.1, -0.05) is 54.6 Å². The van der Waals surface area contributed by atoms with Crippen molar-refractivity contribution in [2.75, 3.05) is 6.54 Å². The zero-order valence-corrected chi connectivity index (χ0v) is 8.19. The molecule has 0 saturated carbocycles. The molecule has 0 bridgehead atoms. The van der Waals surface area contributed by atoms with Crippen LogP contribution in [-0.2, 0) is 5.41 Å². The zero-order valence-electron chi connectivity index (χ0n) is 8.19. The van der Waals surface area contributed by atoms with Crippen molar-refractivity contribution in [2.45, 2.75) is 11.8 Å². The molecular weight excluding hydrogens is 170 g/mol. The number of nitrogens with two attached hydrogens (primary N) is 1. The predicted octanol–water partition coefficient (Wildman–Crippen LogP) is 2.40. The van der Waals surface area contributed by atoms with Gasteiger partial charge in [0.2, 0.25) is 0 Å². The van der Waals surface area contributed by atoms with E-state index in [0.717, 1.165) is 6.42 Å². The van der Waals surface area contributed by atoms with Crippen LogP contribution in [0.3, 0.4) is 0 Å². The maximum Gasteiger partial charge on any atom is 0.0292 e. The van der Waals surface area contributed by atoms with E-state index in [0.29, 0.717) is 6.54 Å². The van der Waals surface area contributed by atoms with Crippen LogP contribution in [0.5, 0.6) is 0 Å². The fourth-order valence-corrected chi connectivity index (χ4v) is 1.92. The number of allylic oxidation sites excluding steroid dienone is 3. The summed E-state index contributed by atoms with van der Waals surface area (Å²) >= 11 is 0. The highest BCUT2D eigenvalue weighted by Crippen LogP contribution is 2.31. The first-order valence-corrected chi connectivity index (χ1v) is 4.97. The Bertz CT molecular complexity index is 351. The van der Waals surface area contributed by atoms with Gasteiger partial charge < -0.3 is 5.73 Å². The molecule has 0 fully saturated rings. The largest absolute Gasteiger partial charge is 0.329 e. The van der Waals surface area contributed by atoms with Gasteiger partial charge in [-0.05, 0) is 12.0 Å². The number of hydrogen-bond donors (Lipinski definition) is 1. The number of rotatable bonds is 2. The Kier molecular flexibility index (Phi) is 2.51. The van der Waals surface area contributed by atoms with Crippen molar-refractivity contribution in [1.29, 1.82) is 0 Å². The second-order valence-electron chi connectivity index (χ2n) is 3.72. The molecule has 1 aromatic rings. The molecule has 0 spiro atoms.